The van der Waals surface area contributed by atoms with Gasteiger partial charge in [0.15, 0.2) is 0 Å². The molecule has 0 spiro atoms. The van der Waals surface area contributed by atoms with Crippen molar-refractivity contribution in [2.24, 2.45) is 0 Å². The van der Waals surface area contributed by atoms with E-state index in [9.17, 15) is 14.4 Å². The summed E-state index contributed by atoms with van der Waals surface area (Å²) in [6.45, 7) is -0.100. The Morgan fingerprint density at radius 2 is 1.46 bits per heavy atom. The fraction of sp³-hybridized carbons (Fsp3) is 0.150. The largest absolute Gasteiger partial charge is 0.459 e. The van der Waals surface area contributed by atoms with Crippen molar-refractivity contribution in [3.63, 3.8) is 0 Å². The average Bonchev–Trinajstić information content (AvgIpc) is 2.69. The molecule has 3 rings (SSSR count). The summed E-state index contributed by atoms with van der Waals surface area (Å²) in [6.07, 6.45) is 0.669. The smallest absolute Gasteiger partial charge is 0.340 e. The van der Waals surface area contributed by atoms with Crippen LogP contribution in [0.2, 0.25) is 0 Å². The summed E-state index contributed by atoms with van der Waals surface area (Å²) < 4.78 is 15.7. The monoisotopic (exact) mass is 352 g/mol. The van der Waals surface area contributed by atoms with Crippen LogP contribution in [-0.2, 0) is 19.0 Å². The first kappa shape index (κ1) is 17.6. The van der Waals surface area contributed by atoms with Crippen LogP contribution in [-0.4, -0.2) is 36.7 Å². The van der Waals surface area contributed by atoms with E-state index >= 15 is 0 Å². The zero-order valence-electron chi connectivity index (χ0n) is 13.7. The molecule has 0 bridgehead atoms. The van der Waals surface area contributed by atoms with E-state index in [1.54, 1.807) is 60.7 Å². The van der Waals surface area contributed by atoms with Crippen LogP contribution in [0, 0.1) is 0 Å². The molecule has 2 atom stereocenters. The van der Waals surface area contributed by atoms with E-state index in [1.165, 1.54) is 12.2 Å². The van der Waals surface area contributed by atoms with Crippen LogP contribution in [0.15, 0.2) is 72.8 Å². The number of hydrogen-bond donors (Lipinski definition) is 0. The first-order chi connectivity index (χ1) is 12.6. The van der Waals surface area contributed by atoms with Crippen molar-refractivity contribution < 1.29 is 28.6 Å². The van der Waals surface area contributed by atoms with E-state index < -0.39 is 30.1 Å². The standard InChI is InChI=1S/C20H16O6/c21-17-12-11-16(13-24-18(22)14-7-3-1-4-8-14)25-20(17)26-19(23)15-9-5-2-6-10-15/h1-12,16,20H,13H2/t16-,20+/m0/s1. The molecule has 2 aromatic carbocycles. The van der Waals surface area contributed by atoms with Gasteiger partial charge >= 0.3 is 11.9 Å². The Morgan fingerprint density at radius 3 is 2.08 bits per heavy atom. The Labute approximate surface area is 150 Å². The van der Waals surface area contributed by atoms with Crippen LogP contribution in [0.3, 0.4) is 0 Å². The van der Waals surface area contributed by atoms with Gasteiger partial charge < -0.3 is 14.2 Å². The molecule has 0 N–H and O–H groups in total. The Morgan fingerprint density at radius 1 is 0.885 bits per heavy atom. The van der Waals surface area contributed by atoms with E-state index in [-0.39, 0.29) is 6.61 Å². The SMILES string of the molecule is O=C(OC[C@@H]1C=CC(=O)[C@@H](OC(=O)c2ccccc2)O1)c1ccccc1. The van der Waals surface area contributed by atoms with Crippen molar-refractivity contribution in [3.8, 4) is 0 Å². The van der Waals surface area contributed by atoms with Crippen molar-refractivity contribution >= 4 is 17.7 Å². The van der Waals surface area contributed by atoms with Gasteiger partial charge in [-0.1, -0.05) is 36.4 Å². The fourth-order valence-corrected chi connectivity index (χ4v) is 2.29. The van der Waals surface area contributed by atoms with Crippen molar-refractivity contribution in [1.82, 2.24) is 0 Å². The van der Waals surface area contributed by atoms with Gasteiger partial charge in [0.05, 0.1) is 11.1 Å². The maximum absolute atomic E-state index is 12.1. The van der Waals surface area contributed by atoms with Gasteiger partial charge in [0.2, 0.25) is 5.78 Å². The molecular weight excluding hydrogens is 336 g/mol. The molecule has 1 aliphatic heterocycles. The predicted molar refractivity (Wildman–Crippen MR) is 91.4 cm³/mol. The summed E-state index contributed by atoms with van der Waals surface area (Å²) in [5, 5.41) is 0. The summed E-state index contributed by atoms with van der Waals surface area (Å²) in [4.78, 5) is 35.9. The van der Waals surface area contributed by atoms with Crippen LogP contribution >= 0.6 is 0 Å². The minimum absolute atomic E-state index is 0.100. The highest BCUT2D eigenvalue weighted by atomic mass is 16.7. The lowest BCUT2D eigenvalue weighted by molar-refractivity contribution is -0.166. The number of esters is 2. The second-order valence-electron chi connectivity index (χ2n) is 5.50. The lowest BCUT2D eigenvalue weighted by Crippen LogP contribution is -2.37. The Kier molecular flexibility index (Phi) is 5.56. The predicted octanol–water partition coefficient (Wildman–Crippen LogP) is 2.55. The van der Waals surface area contributed by atoms with Gasteiger partial charge in [-0.15, -0.1) is 0 Å². The zero-order chi connectivity index (χ0) is 18.4. The Bertz CT molecular complexity index is 813. The molecule has 0 amide bonds. The molecule has 0 saturated carbocycles. The maximum atomic E-state index is 12.1. The molecule has 132 valence electrons. The van der Waals surface area contributed by atoms with Gasteiger partial charge in [-0.25, -0.2) is 9.59 Å². The average molecular weight is 352 g/mol. The number of benzene rings is 2. The van der Waals surface area contributed by atoms with Gasteiger partial charge in [-0.05, 0) is 36.4 Å². The van der Waals surface area contributed by atoms with Crippen molar-refractivity contribution in [2.75, 3.05) is 6.61 Å². The number of hydrogen-bond acceptors (Lipinski definition) is 6. The Balaban J connectivity index is 1.56. The van der Waals surface area contributed by atoms with E-state index in [2.05, 4.69) is 0 Å². The highest BCUT2D eigenvalue weighted by Gasteiger charge is 2.29. The fourth-order valence-electron chi connectivity index (χ4n) is 2.29. The summed E-state index contributed by atoms with van der Waals surface area (Å²) in [6, 6.07) is 16.8. The summed E-state index contributed by atoms with van der Waals surface area (Å²) in [5.41, 5.74) is 0.723. The van der Waals surface area contributed by atoms with E-state index in [0.717, 1.165) is 0 Å². The van der Waals surface area contributed by atoms with Crippen LogP contribution in [0.4, 0.5) is 0 Å². The lowest BCUT2D eigenvalue weighted by atomic mass is 10.2. The molecule has 2 aromatic rings. The Hall–Kier alpha value is -3.25. The second kappa shape index (κ2) is 8.22. The molecule has 0 fully saturated rings. The minimum Gasteiger partial charge on any atom is -0.459 e. The molecule has 0 aliphatic carbocycles. The molecule has 6 heteroatoms. The van der Waals surface area contributed by atoms with Crippen LogP contribution < -0.4 is 0 Å². The number of carbonyl (C=O) groups excluding carboxylic acids is 3. The third kappa shape index (κ3) is 4.43. The number of carbonyl (C=O) groups is 3. The molecule has 0 saturated heterocycles. The first-order valence-electron chi connectivity index (χ1n) is 7.99. The quantitative estimate of drug-likeness (QED) is 0.770. The number of ketones is 1. The van der Waals surface area contributed by atoms with Crippen molar-refractivity contribution in [1.29, 1.82) is 0 Å². The van der Waals surface area contributed by atoms with Crippen LogP contribution in [0.25, 0.3) is 0 Å². The zero-order valence-corrected chi connectivity index (χ0v) is 13.7. The molecule has 26 heavy (non-hydrogen) atoms. The second-order valence-corrected chi connectivity index (χ2v) is 5.50. The summed E-state index contributed by atoms with van der Waals surface area (Å²) in [5.74, 6) is -1.66. The highest BCUT2D eigenvalue weighted by Crippen LogP contribution is 2.14. The molecule has 0 unspecified atom stereocenters. The van der Waals surface area contributed by atoms with Gasteiger partial charge in [0.1, 0.15) is 12.7 Å². The van der Waals surface area contributed by atoms with Crippen molar-refractivity contribution in [2.45, 2.75) is 12.4 Å². The molecule has 6 nitrogen and oxygen atoms in total. The van der Waals surface area contributed by atoms with E-state index in [0.29, 0.717) is 11.1 Å². The normalized spacial score (nSPS) is 19.0. The lowest BCUT2D eigenvalue weighted by Gasteiger charge is -2.24. The number of rotatable bonds is 5. The topological polar surface area (TPSA) is 78.9 Å². The first-order valence-corrected chi connectivity index (χ1v) is 7.99. The molecular formula is C20H16O6. The summed E-state index contributed by atoms with van der Waals surface area (Å²) in [7, 11) is 0. The molecule has 1 heterocycles. The highest BCUT2D eigenvalue weighted by molar-refractivity contribution is 5.97. The van der Waals surface area contributed by atoms with Gasteiger partial charge in [0, 0.05) is 0 Å². The van der Waals surface area contributed by atoms with Gasteiger partial charge in [0.25, 0.3) is 6.29 Å². The van der Waals surface area contributed by atoms with E-state index in [1.807, 2.05) is 0 Å². The molecule has 0 radical (unpaired) electrons. The molecule has 0 aromatic heterocycles. The summed E-state index contributed by atoms with van der Waals surface area (Å²) >= 11 is 0. The third-order valence-corrected chi connectivity index (χ3v) is 3.62. The maximum Gasteiger partial charge on any atom is 0.340 e. The van der Waals surface area contributed by atoms with Crippen LogP contribution in [0.5, 0.6) is 0 Å². The van der Waals surface area contributed by atoms with E-state index in [4.69, 9.17) is 14.2 Å². The molecule has 1 aliphatic rings. The minimum atomic E-state index is -1.37. The van der Waals surface area contributed by atoms with Gasteiger partial charge in [-0.3, -0.25) is 4.79 Å². The number of ether oxygens (including phenoxy) is 3. The van der Waals surface area contributed by atoms with Gasteiger partial charge in [-0.2, -0.15) is 0 Å². The third-order valence-electron chi connectivity index (χ3n) is 3.62. The van der Waals surface area contributed by atoms with Crippen molar-refractivity contribution in [3.05, 3.63) is 83.9 Å². The van der Waals surface area contributed by atoms with Crippen LogP contribution in [0.1, 0.15) is 20.7 Å².